The van der Waals surface area contributed by atoms with Crippen LogP contribution < -0.4 is 5.32 Å². The first-order valence-corrected chi connectivity index (χ1v) is 6.56. The maximum atomic E-state index is 3.66. The number of hydrogen-bond donors (Lipinski definition) is 1. The second-order valence-electron chi connectivity index (χ2n) is 4.44. The lowest BCUT2D eigenvalue weighted by Gasteiger charge is -2.36. The van der Waals surface area contributed by atoms with E-state index >= 15 is 0 Å². The van der Waals surface area contributed by atoms with Crippen molar-refractivity contribution < 1.29 is 0 Å². The highest BCUT2D eigenvalue weighted by molar-refractivity contribution is 7.10. The van der Waals surface area contributed by atoms with Gasteiger partial charge in [0.15, 0.2) is 0 Å². The van der Waals surface area contributed by atoms with E-state index in [1.807, 2.05) is 11.3 Å². The van der Waals surface area contributed by atoms with Gasteiger partial charge in [-0.25, -0.2) is 0 Å². The topological polar surface area (TPSA) is 12.0 Å². The van der Waals surface area contributed by atoms with Gasteiger partial charge in [0.2, 0.25) is 0 Å². The highest BCUT2D eigenvalue weighted by Gasteiger charge is 2.33. The first kappa shape index (κ1) is 10.1. The van der Waals surface area contributed by atoms with Crippen LogP contribution in [-0.2, 0) is 12.0 Å². The lowest BCUT2D eigenvalue weighted by molar-refractivity contribution is 0.422. The van der Waals surface area contributed by atoms with Gasteiger partial charge in [-0.2, -0.15) is 0 Å². The zero-order chi connectivity index (χ0) is 11.0. The van der Waals surface area contributed by atoms with E-state index in [-0.39, 0.29) is 5.54 Å². The number of nitrogens with one attached hydrogen (secondary N) is 1. The molecule has 0 bridgehead atoms. The molecular weight excluding hydrogens is 214 g/mol. The molecule has 2 heterocycles. The van der Waals surface area contributed by atoms with E-state index in [0.29, 0.717) is 0 Å². The van der Waals surface area contributed by atoms with Crippen LogP contribution in [0.5, 0.6) is 0 Å². The van der Waals surface area contributed by atoms with E-state index in [9.17, 15) is 0 Å². The van der Waals surface area contributed by atoms with Crippen LogP contribution in [0.1, 0.15) is 22.9 Å². The Morgan fingerprint density at radius 3 is 2.88 bits per heavy atom. The van der Waals surface area contributed by atoms with Gasteiger partial charge >= 0.3 is 0 Å². The summed E-state index contributed by atoms with van der Waals surface area (Å²) in [6, 6.07) is 13.1. The third-order valence-electron chi connectivity index (χ3n) is 3.44. The van der Waals surface area contributed by atoms with Crippen LogP contribution in [0.15, 0.2) is 41.8 Å². The van der Waals surface area contributed by atoms with Crippen LogP contribution in [0, 0.1) is 0 Å². The molecule has 16 heavy (non-hydrogen) atoms. The van der Waals surface area contributed by atoms with Crippen LogP contribution in [0.2, 0.25) is 0 Å². The number of benzene rings is 1. The molecule has 0 amide bonds. The van der Waals surface area contributed by atoms with Gasteiger partial charge in [0, 0.05) is 11.4 Å². The first-order valence-electron chi connectivity index (χ1n) is 5.68. The lowest BCUT2D eigenvalue weighted by atomic mass is 9.83. The zero-order valence-electron chi connectivity index (χ0n) is 9.36. The van der Waals surface area contributed by atoms with E-state index in [4.69, 9.17) is 0 Å². The summed E-state index contributed by atoms with van der Waals surface area (Å²) in [7, 11) is 0. The van der Waals surface area contributed by atoms with E-state index in [1.54, 1.807) is 0 Å². The summed E-state index contributed by atoms with van der Waals surface area (Å²) in [5, 5.41) is 5.82. The van der Waals surface area contributed by atoms with Crippen LogP contribution in [0.3, 0.4) is 0 Å². The lowest BCUT2D eigenvalue weighted by Crippen LogP contribution is -2.45. The molecule has 0 radical (unpaired) electrons. The molecule has 2 heteroatoms. The largest absolute Gasteiger partial charge is 0.303 e. The second-order valence-corrected chi connectivity index (χ2v) is 5.38. The Bertz CT molecular complexity index is 489. The molecule has 0 saturated carbocycles. The Labute approximate surface area is 100 Å². The van der Waals surface area contributed by atoms with Crippen LogP contribution >= 0.6 is 11.3 Å². The maximum absolute atomic E-state index is 3.66. The minimum absolute atomic E-state index is 0.00299. The summed E-state index contributed by atoms with van der Waals surface area (Å²) in [6.07, 6.45) is 1.14. The van der Waals surface area contributed by atoms with Gasteiger partial charge in [0.1, 0.15) is 0 Å². The summed E-state index contributed by atoms with van der Waals surface area (Å²) in [5.41, 5.74) is 2.92. The summed E-state index contributed by atoms with van der Waals surface area (Å²) >= 11 is 1.83. The Balaban J connectivity index is 2.17. The van der Waals surface area contributed by atoms with Crippen molar-refractivity contribution in [2.45, 2.75) is 18.9 Å². The molecule has 1 unspecified atom stereocenters. The summed E-state index contributed by atoms with van der Waals surface area (Å²) in [6.45, 7) is 3.35. The first-order chi connectivity index (χ1) is 7.81. The molecule has 0 aliphatic carbocycles. The standard InChI is InChI=1S/C14H15NS/c1-14(13-7-4-10-16-13)12-6-3-2-5-11(12)8-9-15-14/h2-7,10,15H,8-9H2,1H3. The van der Waals surface area contributed by atoms with Gasteiger partial charge in [-0.1, -0.05) is 30.3 Å². The highest BCUT2D eigenvalue weighted by Crippen LogP contribution is 2.36. The van der Waals surface area contributed by atoms with Crippen molar-refractivity contribution in [3.63, 3.8) is 0 Å². The van der Waals surface area contributed by atoms with Crippen LogP contribution in [0.4, 0.5) is 0 Å². The molecule has 1 N–H and O–H groups in total. The van der Waals surface area contributed by atoms with E-state index in [2.05, 4.69) is 54.0 Å². The van der Waals surface area contributed by atoms with Gasteiger partial charge in [-0.3, -0.25) is 0 Å². The monoisotopic (exact) mass is 229 g/mol. The fourth-order valence-corrected chi connectivity index (χ4v) is 3.43. The molecule has 1 aromatic heterocycles. The molecule has 82 valence electrons. The van der Waals surface area contributed by atoms with E-state index in [0.717, 1.165) is 13.0 Å². The average molecular weight is 229 g/mol. The van der Waals surface area contributed by atoms with Gasteiger partial charge in [0.25, 0.3) is 0 Å². The quantitative estimate of drug-likeness (QED) is 0.792. The molecule has 0 spiro atoms. The van der Waals surface area contributed by atoms with Gasteiger partial charge in [-0.15, -0.1) is 11.3 Å². The molecule has 1 atom stereocenters. The number of hydrogen-bond acceptors (Lipinski definition) is 2. The molecule has 2 aromatic rings. The average Bonchev–Trinajstić information content (AvgIpc) is 2.84. The zero-order valence-corrected chi connectivity index (χ0v) is 10.2. The highest BCUT2D eigenvalue weighted by atomic mass is 32.1. The fraction of sp³-hybridized carbons (Fsp3) is 0.286. The van der Waals surface area contributed by atoms with Gasteiger partial charge in [-0.05, 0) is 35.9 Å². The molecule has 0 saturated heterocycles. The molecule has 1 aromatic carbocycles. The van der Waals surface area contributed by atoms with Gasteiger partial charge < -0.3 is 5.32 Å². The fourth-order valence-electron chi connectivity index (χ4n) is 2.55. The molecule has 1 aliphatic rings. The van der Waals surface area contributed by atoms with Crippen molar-refractivity contribution in [1.82, 2.24) is 5.32 Å². The van der Waals surface area contributed by atoms with E-state index < -0.39 is 0 Å². The summed E-state index contributed by atoms with van der Waals surface area (Å²) < 4.78 is 0. The number of rotatable bonds is 1. The van der Waals surface area contributed by atoms with Crippen LogP contribution in [-0.4, -0.2) is 6.54 Å². The Morgan fingerprint density at radius 1 is 1.19 bits per heavy atom. The van der Waals surface area contributed by atoms with Crippen molar-refractivity contribution in [3.8, 4) is 0 Å². The third-order valence-corrected chi connectivity index (χ3v) is 4.53. The molecular formula is C14H15NS. The minimum atomic E-state index is 0.00299. The third kappa shape index (κ3) is 1.41. The Morgan fingerprint density at radius 2 is 2.06 bits per heavy atom. The molecule has 1 aliphatic heterocycles. The smallest absolute Gasteiger partial charge is 0.0758 e. The Kier molecular flexibility index (Phi) is 2.34. The minimum Gasteiger partial charge on any atom is -0.303 e. The number of thiophene rings is 1. The van der Waals surface area contributed by atoms with Gasteiger partial charge in [0.05, 0.1) is 5.54 Å². The predicted molar refractivity (Wildman–Crippen MR) is 68.9 cm³/mol. The second kappa shape index (κ2) is 3.72. The van der Waals surface area contributed by atoms with E-state index in [1.165, 1.54) is 16.0 Å². The van der Waals surface area contributed by atoms with Crippen molar-refractivity contribution in [2.75, 3.05) is 6.54 Å². The molecule has 3 rings (SSSR count). The molecule has 1 nitrogen and oxygen atoms in total. The summed E-state index contributed by atoms with van der Waals surface area (Å²) in [5.74, 6) is 0. The van der Waals surface area contributed by atoms with Crippen molar-refractivity contribution in [3.05, 3.63) is 57.8 Å². The summed E-state index contributed by atoms with van der Waals surface area (Å²) in [4.78, 5) is 1.40. The van der Waals surface area contributed by atoms with Crippen molar-refractivity contribution in [2.24, 2.45) is 0 Å². The number of fused-ring (bicyclic) bond motifs is 1. The van der Waals surface area contributed by atoms with Crippen LogP contribution in [0.25, 0.3) is 0 Å². The molecule has 0 fully saturated rings. The maximum Gasteiger partial charge on any atom is 0.0758 e. The normalized spacial score (nSPS) is 24.1. The van der Waals surface area contributed by atoms with Crippen molar-refractivity contribution in [1.29, 1.82) is 0 Å². The SMILES string of the molecule is CC1(c2cccs2)NCCc2ccccc21. The van der Waals surface area contributed by atoms with Crippen molar-refractivity contribution >= 4 is 11.3 Å². The predicted octanol–water partition coefficient (Wildman–Crippen LogP) is 3.16. The Hall–Kier alpha value is -1.12.